The normalized spacial score (nSPS) is 10.9. The quantitative estimate of drug-likeness (QED) is 0.409. The summed E-state index contributed by atoms with van der Waals surface area (Å²) in [7, 11) is 0. The third-order valence-corrected chi connectivity index (χ3v) is 5.19. The predicted molar refractivity (Wildman–Crippen MR) is 120 cm³/mol. The Hall–Kier alpha value is -3.22. The second-order valence-corrected chi connectivity index (χ2v) is 7.59. The number of carbonyl (C=O) groups excluding carboxylic acids is 1. The fraction of sp³-hybridized carbons (Fsp3) is 0.0909. The second-order valence-electron chi connectivity index (χ2n) is 6.78. The average Bonchev–Trinajstić information content (AvgIpc) is 3.15. The van der Waals surface area contributed by atoms with Crippen molar-refractivity contribution in [2.75, 3.05) is 11.1 Å². The highest BCUT2D eigenvalue weighted by molar-refractivity contribution is 6.39. The lowest BCUT2D eigenvalue weighted by molar-refractivity contribution is 0.102. The van der Waals surface area contributed by atoms with Crippen LogP contribution in [-0.4, -0.2) is 15.3 Å². The van der Waals surface area contributed by atoms with E-state index in [4.69, 9.17) is 33.7 Å². The van der Waals surface area contributed by atoms with Crippen LogP contribution in [0.2, 0.25) is 10.0 Å². The summed E-state index contributed by atoms with van der Waals surface area (Å²) in [5.41, 5.74) is 9.75. The highest BCUT2D eigenvalue weighted by Gasteiger charge is 2.10. The summed E-state index contributed by atoms with van der Waals surface area (Å²) in [5.74, 6) is 0.341. The van der Waals surface area contributed by atoms with Crippen molar-refractivity contribution < 1.29 is 9.53 Å². The van der Waals surface area contributed by atoms with Crippen molar-refractivity contribution in [2.45, 2.75) is 13.5 Å². The first-order valence-corrected chi connectivity index (χ1v) is 9.88. The Morgan fingerprint density at radius 1 is 1.17 bits per heavy atom. The standard InChI is InChI=1S/C22H18Cl2N4O2/c1-13-3-2-8-28-11-16(26-21(13)28)12-30-17-6-4-14(5-7-17)22(29)27-15-9-18(23)20(25)19(24)10-15/h2-11H,12,25H2,1H3,(H,27,29). The molecule has 0 radical (unpaired) electrons. The van der Waals surface area contributed by atoms with Gasteiger partial charge in [-0.2, -0.15) is 0 Å². The van der Waals surface area contributed by atoms with E-state index in [0.717, 1.165) is 16.9 Å². The van der Waals surface area contributed by atoms with E-state index >= 15 is 0 Å². The van der Waals surface area contributed by atoms with Gasteiger partial charge in [-0.15, -0.1) is 0 Å². The number of aromatic nitrogens is 2. The van der Waals surface area contributed by atoms with E-state index in [0.29, 0.717) is 23.6 Å². The zero-order chi connectivity index (χ0) is 21.3. The van der Waals surface area contributed by atoms with Gasteiger partial charge in [0.2, 0.25) is 0 Å². The lowest BCUT2D eigenvalue weighted by Gasteiger charge is -2.09. The molecule has 6 nitrogen and oxygen atoms in total. The molecule has 4 aromatic rings. The van der Waals surface area contributed by atoms with Gasteiger partial charge in [-0.25, -0.2) is 4.98 Å². The number of anilines is 2. The first kappa shape index (κ1) is 20.1. The minimum absolute atomic E-state index is 0.276. The number of amides is 1. The van der Waals surface area contributed by atoms with Gasteiger partial charge in [0.05, 0.1) is 21.4 Å². The maximum Gasteiger partial charge on any atom is 0.255 e. The number of ether oxygens (including phenoxy) is 1. The summed E-state index contributed by atoms with van der Waals surface area (Å²) in [6.45, 7) is 2.35. The summed E-state index contributed by atoms with van der Waals surface area (Å²) in [6.07, 6.45) is 3.89. The molecule has 0 unspecified atom stereocenters. The third kappa shape index (κ3) is 4.20. The van der Waals surface area contributed by atoms with Gasteiger partial charge in [0.1, 0.15) is 18.0 Å². The molecule has 0 aliphatic rings. The summed E-state index contributed by atoms with van der Waals surface area (Å²) in [5, 5.41) is 3.31. The van der Waals surface area contributed by atoms with Crippen molar-refractivity contribution >= 4 is 46.1 Å². The van der Waals surface area contributed by atoms with Gasteiger partial charge in [0.15, 0.2) is 0 Å². The van der Waals surface area contributed by atoms with Crippen LogP contribution in [0.25, 0.3) is 5.65 Å². The molecule has 3 N–H and O–H groups in total. The minimum atomic E-state index is -0.297. The van der Waals surface area contributed by atoms with E-state index in [1.807, 2.05) is 35.9 Å². The molecule has 1 amide bonds. The van der Waals surface area contributed by atoms with Gasteiger partial charge in [-0.05, 0) is 55.0 Å². The smallest absolute Gasteiger partial charge is 0.255 e. The van der Waals surface area contributed by atoms with Crippen molar-refractivity contribution in [1.29, 1.82) is 0 Å². The minimum Gasteiger partial charge on any atom is -0.487 e. The predicted octanol–water partition coefficient (Wildman–Crippen LogP) is 5.36. The molecule has 0 spiro atoms. The molecule has 152 valence electrons. The first-order valence-electron chi connectivity index (χ1n) is 9.12. The third-order valence-electron chi connectivity index (χ3n) is 4.57. The summed E-state index contributed by atoms with van der Waals surface area (Å²) < 4.78 is 7.77. The van der Waals surface area contributed by atoms with Gasteiger partial charge >= 0.3 is 0 Å². The van der Waals surface area contributed by atoms with Crippen LogP contribution >= 0.6 is 23.2 Å². The number of benzene rings is 2. The van der Waals surface area contributed by atoms with Gasteiger partial charge in [-0.3, -0.25) is 4.79 Å². The molecule has 0 aliphatic carbocycles. The number of fused-ring (bicyclic) bond motifs is 1. The van der Waals surface area contributed by atoms with E-state index in [1.165, 1.54) is 0 Å². The number of pyridine rings is 1. The fourth-order valence-electron chi connectivity index (χ4n) is 2.99. The number of hydrogen-bond acceptors (Lipinski definition) is 4. The number of nitrogens with one attached hydrogen (secondary N) is 1. The number of rotatable bonds is 5. The molecule has 2 aromatic heterocycles. The Morgan fingerprint density at radius 2 is 1.87 bits per heavy atom. The van der Waals surface area contributed by atoms with E-state index in [2.05, 4.69) is 10.3 Å². The van der Waals surface area contributed by atoms with Crippen LogP contribution < -0.4 is 15.8 Å². The molecule has 4 rings (SSSR count). The number of aryl methyl sites for hydroxylation is 1. The monoisotopic (exact) mass is 440 g/mol. The van der Waals surface area contributed by atoms with Crippen molar-refractivity contribution in [2.24, 2.45) is 0 Å². The molecule has 0 fully saturated rings. The van der Waals surface area contributed by atoms with Crippen molar-refractivity contribution in [3.63, 3.8) is 0 Å². The van der Waals surface area contributed by atoms with Crippen molar-refractivity contribution in [3.05, 3.63) is 87.8 Å². The average molecular weight is 441 g/mol. The maximum absolute atomic E-state index is 12.5. The first-order chi connectivity index (χ1) is 14.4. The molecule has 0 atom stereocenters. The van der Waals surface area contributed by atoms with E-state index in [-0.39, 0.29) is 21.6 Å². The van der Waals surface area contributed by atoms with Crippen LogP contribution in [0.1, 0.15) is 21.6 Å². The van der Waals surface area contributed by atoms with E-state index in [9.17, 15) is 4.79 Å². The largest absolute Gasteiger partial charge is 0.487 e. The van der Waals surface area contributed by atoms with Crippen LogP contribution in [0.4, 0.5) is 11.4 Å². The molecule has 0 aliphatic heterocycles. The number of carbonyl (C=O) groups is 1. The Bertz CT molecular complexity index is 1210. The highest BCUT2D eigenvalue weighted by Crippen LogP contribution is 2.31. The second kappa shape index (κ2) is 8.26. The molecule has 2 aromatic carbocycles. The van der Waals surface area contributed by atoms with Crippen LogP contribution in [0.3, 0.4) is 0 Å². The molecule has 2 heterocycles. The lowest BCUT2D eigenvalue weighted by Crippen LogP contribution is -2.12. The number of halogens is 2. The fourth-order valence-corrected chi connectivity index (χ4v) is 3.48. The SMILES string of the molecule is Cc1cccn2cc(COc3ccc(C(=O)Nc4cc(Cl)c(N)c(Cl)c4)cc3)nc12. The van der Waals surface area contributed by atoms with Gasteiger partial charge < -0.3 is 20.2 Å². The van der Waals surface area contributed by atoms with E-state index < -0.39 is 0 Å². The van der Waals surface area contributed by atoms with Gasteiger partial charge in [-0.1, -0.05) is 29.3 Å². The number of nitrogens with two attached hydrogens (primary N) is 1. The number of hydrogen-bond donors (Lipinski definition) is 2. The van der Waals surface area contributed by atoms with Crippen LogP contribution in [-0.2, 0) is 6.61 Å². The molecular weight excluding hydrogens is 423 g/mol. The Morgan fingerprint density at radius 3 is 2.53 bits per heavy atom. The van der Waals surface area contributed by atoms with Gasteiger partial charge in [0, 0.05) is 23.6 Å². The van der Waals surface area contributed by atoms with Gasteiger partial charge in [0.25, 0.3) is 5.91 Å². The Kier molecular flexibility index (Phi) is 5.53. The molecular formula is C22H18Cl2N4O2. The maximum atomic E-state index is 12.5. The van der Waals surface area contributed by atoms with Crippen LogP contribution in [0.5, 0.6) is 5.75 Å². The van der Waals surface area contributed by atoms with Crippen LogP contribution in [0.15, 0.2) is 60.9 Å². The molecule has 30 heavy (non-hydrogen) atoms. The zero-order valence-corrected chi connectivity index (χ0v) is 17.5. The van der Waals surface area contributed by atoms with E-state index in [1.54, 1.807) is 36.4 Å². The number of imidazole rings is 1. The lowest BCUT2D eigenvalue weighted by atomic mass is 10.2. The number of nitrogens with zero attached hydrogens (tertiary/aromatic N) is 2. The molecule has 0 bridgehead atoms. The van der Waals surface area contributed by atoms with Crippen molar-refractivity contribution in [3.8, 4) is 5.75 Å². The summed E-state index contributed by atoms with van der Waals surface area (Å²) in [6, 6.07) is 13.9. The molecule has 8 heteroatoms. The molecule has 0 saturated carbocycles. The number of nitrogen functional groups attached to an aromatic ring is 1. The topological polar surface area (TPSA) is 81.7 Å². The Balaban J connectivity index is 1.40. The zero-order valence-electron chi connectivity index (χ0n) is 16.0. The highest BCUT2D eigenvalue weighted by atomic mass is 35.5. The summed E-state index contributed by atoms with van der Waals surface area (Å²) >= 11 is 12.0. The molecule has 0 saturated heterocycles. The summed E-state index contributed by atoms with van der Waals surface area (Å²) in [4.78, 5) is 17.0. The Labute approximate surface area is 183 Å². The van der Waals surface area contributed by atoms with Crippen molar-refractivity contribution in [1.82, 2.24) is 9.38 Å². The van der Waals surface area contributed by atoms with Crippen LogP contribution in [0, 0.1) is 6.92 Å².